The molecule has 0 radical (unpaired) electrons. The van der Waals surface area contributed by atoms with E-state index < -0.39 is 0 Å². The number of aliphatic hydroxyl groups is 1. The smallest absolute Gasteiger partial charge is 0.142 e. The molecule has 0 amide bonds. The van der Waals surface area contributed by atoms with Gasteiger partial charge in [0.25, 0.3) is 0 Å². The van der Waals surface area contributed by atoms with Crippen molar-refractivity contribution in [2.45, 2.75) is 38.7 Å². The van der Waals surface area contributed by atoms with Crippen LogP contribution in [0.4, 0.5) is 0 Å². The molecule has 1 N–H and O–H groups in total. The fourth-order valence-corrected chi connectivity index (χ4v) is 3.37. The van der Waals surface area contributed by atoms with E-state index in [0.29, 0.717) is 25.0 Å². The molecule has 1 fully saturated rings. The lowest BCUT2D eigenvalue weighted by molar-refractivity contribution is 0.130. The van der Waals surface area contributed by atoms with E-state index in [4.69, 9.17) is 4.84 Å². The Morgan fingerprint density at radius 3 is 2.50 bits per heavy atom. The van der Waals surface area contributed by atoms with Gasteiger partial charge in [0.15, 0.2) is 0 Å². The molecule has 0 unspecified atom stereocenters. The third-order valence-electron chi connectivity index (χ3n) is 4.87. The van der Waals surface area contributed by atoms with Crippen molar-refractivity contribution in [3.05, 3.63) is 71.3 Å². The van der Waals surface area contributed by atoms with Crippen LogP contribution in [0.5, 0.6) is 0 Å². The van der Waals surface area contributed by atoms with Crippen LogP contribution in [0.15, 0.2) is 59.8 Å². The highest BCUT2D eigenvalue weighted by Gasteiger charge is 2.24. The minimum Gasteiger partial charge on any atom is -0.396 e. The number of benzene rings is 2. The molecule has 126 valence electrons. The molecule has 2 aromatic rings. The molecule has 1 saturated carbocycles. The number of nitrogens with zero attached hydrogens (tertiary/aromatic N) is 1. The topological polar surface area (TPSA) is 41.8 Å². The Morgan fingerprint density at radius 2 is 1.83 bits per heavy atom. The van der Waals surface area contributed by atoms with E-state index >= 15 is 0 Å². The van der Waals surface area contributed by atoms with Gasteiger partial charge in [-0.3, -0.25) is 0 Å². The van der Waals surface area contributed by atoms with Crippen LogP contribution >= 0.6 is 0 Å². The maximum Gasteiger partial charge on any atom is 0.142 e. The molecule has 0 saturated heterocycles. The molecule has 3 heteroatoms. The van der Waals surface area contributed by atoms with Crippen molar-refractivity contribution >= 4 is 5.71 Å². The molecule has 0 heterocycles. The lowest BCUT2D eigenvalue weighted by Crippen LogP contribution is -2.00. The van der Waals surface area contributed by atoms with Gasteiger partial charge in [-0.25, -0.2) is 0 Å². The Bertz CT molecular complexity index is 664. The highest BCUT2D eigenvalue weighted by molar-refractivity contribution is 5.98. The molecule has 1 aliphatic rings. The molecule has 2 aromatic carbocycles. The molecular formula is C21H25NO2. The first-order chi connectivity index (χ1) is 11.8. The summed E-state index contributed by atoms with van der Waals surface area (Å²) in [5.41, 5.74) is 4.46. The first kappa shape index (κ1) is 16.7. The zero-order valence-electron chi connectivity index (χ0n) is 14.2. The van der Waals surface area contributed by atoms with Crippen LogP contribution in [0.25, 0.3) is 0 Å². The van der Waals surface area contributed by atoms with Gasteiger partial charge in [0.1, 0.15) is 6.61 Å². The van der Waals surface area contributed by atoms with E-state index in [0.717, 1.165) is 29.7 Å². The van der Waals surface area contributed by atoms with E-state index in [1.54, 1.807) is 0 Å². The van der Waals surface area contributed by atoms with Gasteiger partial charge in [-0.15, -0.1) is 0 Å². The van der Waals surface area contributed by atoms with Crippen molar-refractivity contribution in [3.63, 3.8) is 0 Å². The second-order valence-corrected chi connectivity index (χ2v) is 6.62. The van der Waals surface area contributed by atoms with Crippen molar-refractivity contribution in [3.8, 4) is 0 Å². The van der Waals surface area contributed by atoms with Gasteiger partial charge in [0.2, 0.25) is 0 Å². The molecule has 0 aromatic heterocycles. The zero-order chi connectivity index (χ0) is 16.8. The summed E-state index contributed by atoms with van der Waals surface area (Å²) in [5.74, 6) is 1.07. The summed E-state index contributed by atoms with van der Waals surface area (Å²) in [6.07, 6.45) is 3.42. The molecule has 1 aliphatic carbocycles. The predicted molar refractivity (Wildman–Crippen MR) is 97.1 cm³/mol. The van der Waals surface area contributed by atoms with Crippen LogP contribution < -0.4 is 0 Å². The normalized spacial score (nSPS) is 21.0. The van der Waals surface area contributed by atoms with Crippen molar-refractivity contribution in [1.29, 1.82) is 0 Å². The Hall–Kier alpha value is -2.13. The van der Waals surface area contributed by atoms with Crippen LogP contribution in [0.1, 0.15) is 48.8 Å². The lowest BCUT2D eigenvalue weighted by Gasteiger charge is -2.11. The SMILES string of the molecule is C/C(=N\OCc1ccc([C@H]2CC[C@H](CO)C2)cc1)c1ccccc1. The van der Waals surface area contributed by atoms with Crippen LogP contribution in [-0.2, 0) is 11.4 Å². The standard InChI is InChI=1S/C21H25NO2/c1-16(19-5-3-2-4-6-19)22-24-15-17-7-10-20(11-8-17)21-12-9-18(13-21)14-23/h2-8,10-11,18,21,23H,9,12-15H2,1H3/b22-16+/t18-,21-/m0/s1. The number of hydrogen-bond donors (Lipinski definition) is 1. The summed E-state index contributed by atoms with van der Waals surface area (Å²) < 4.78 is 0. The summed E-state index contributed by atoms with van der Waals surface area (Å²) in [6, 6.07) is 18.7. The summed E-state index contributed by atoms with van der Waals surface area (Å²) in [7, 11) is 0. The molecule has 2 atom stereocenters. The maximum atomic E-state index is 9.27. The molecule has 0 bridgehead atoms. The summed E-state index contributed by atoms with van der Waals surface area (Å²) in [6.45, 7) is 2.76. The number of oxime groups is 1. The molecule has 3 rings (SSSR count). The summed E-state index contributed by atoms with van der Waals surface area (Å²) in [5, 5.41) is 13.5. The average molecular weight is 323 g/mol. The number of rotatable bonds is 6. The Labute approximate surface area is 144 Å². The van der Waals surface area contributed by atoms with Crippen molar-refractivity contribution in [2.75, 3.05) is 6.61 Å². The average Bonchev–Trinajstić information content (AvgIpc) is 3.12. The lowest BCUT2D eigenvalue weighted by atomic mass is 9.95. The second-order valence-electron chi connectivity index (χ2n) is 6.62. The largest absolute Gasteiger partial charge is 0.396 e. The first-order valence-electron chi connectivity index (χ1n) is 8.68. The predicted octanol–water partition coefficient (Wildman–Crippen LogP) is 4.50. The van der Waals surface area contributed by atoms with Crippen molar-refractivity contribution in [2.24, 2.45) is 11.1 Å². The zero-order valence-corrected chi connectivity index (χ0v) is 14.2. The van der Waals surface area contributed by atoms with Crippen LogP contribution in [0.3, 0.4) is 0 Å². The summed E-state index contributed by atoms with van der Waals surface area (Å²) >= 11 is 0. The van der Waals surface area contributed by atoms with E-state index in [-0.39, 0.29) is 0 Å². The van der Waals surface area contributed by atoms with Crippen LogP contribution in [-0.4, -0.2) is 17.4 Å². The van der Waals surface area contributed by atoms with Gasteiger partial charge >= 0.3 is 0 Å². The Morgan fingerprint density at radius 1 is 1.08 bits per heavy atom. The Balaban J connectivity index is 1.53. The fourth-order valence-electron chi connectivity index (χ4n) is 3.37. The quantitative estimate of drug-likeness (QED) is 0.628. The van der Waals surface area contributed by atoms with Gasteiger partial charge in [0.05, 0.1) is 5.71 Å². The molecular weight excluding hydrogens is 298 g/mol. The number of hydrogen-bond acceptors (Lipinski definition) is 3. The van der Waals surface area contributed by atoms with Gasteiger partial charge in [-0.1, -0.05) is 59.8 Å². The Kier molecular flexibility index (Phi) is 5.65. The fraction of sp³-hybridized carbons (Fsp3) is 0.381. The third-order valence-corrected chi connectivity index (χ3v) is 4.87. The minimum atomic E-state index is 0.321. The highest BCUT2D eigenvalue weighted by Crippen LogP contribution is 2.37. The second kappa shape index (κ2) is 8.11. The monoisotopic (exact) mass is 323 g/mol. The van der Waals surface area contributed by atoms with Gasteiger partial charge in [0, 0.05) is 6.61 Å². The van der Waals surface area contributed by atoms with Gasteiger partial charge < -0.3 is 9.94 Å². The molecule has 24 heavy (non-hydrogen) atoms. The minimum absolute atomic E-state index is 0.321. The maximum absolute atomic E-state index is 9.27. The molecule has 0 aliphatic heterocycles. The van der Waals surface area contributed by atoms with Crippen LogP contribution in [0, 0.1) is 5.92 Å². The van der Waals surface area contributed by atoms with E-state index in [1.165, 1.54) is 12.0 Å². The third kappa shape index (κ3) is 4.24. The number of aliphatic hydroxyl groups excluding tert-OH is 1. The van der Waals surface area contributed by atoms with E-state index in [9.17, 15) is 5.11 Å². The highest BCUT2D eigenvalue weighted by atomic mass is 16.6. The van der Waals surface area contributed by atoms with Crippen molar-refractivity contribution in [1.82, 2.24) is 0 Å². The van der Waals surface area contributed by atoms with Crippen molar-refractivity contribution < 1.29 is 9.94 Å². The molecule has 3 nitrogen and oxygen atoms in total. The van der Waals surface area contributed by atoms with Gasteiger partial charge in [-0.2, -0.15) is 0 Å². The summed E-state index contributed by atoms with van der Waals surface area (Å²) in [4.78, 5) is 5.49. The molecule has 0 spiro atoms. The first-order valence-corrected chi connectivity index (χ1v) is 8.68. The van der Waals surface area contributed by atoms with Gasteiger partial charge in [-0.05, 0) is 54.7 Å². The van der Waals surface area contributed by atoms with Crippen LogP contribution in [0.2, 0.25) is 0 Å². The van der Waals surface area contributed by atoms with E-state index in [2.05, 4.69) is 29.4 Å². The van der Waals surface area contributed by atoms with E-state index in [1.807, 2.05) is 37.3 Å².